The largest absolute Gasteiger partial charge is 0.330 e. The molecule has 1 aromatic heterocycles. The Bertz CT molecular complexity index is 1120. The van der Waals surface area contributed by atoms with Gasteiger partial charge in [-0.1, -0.05) is 23.7 Å². The first-order valence-corrected chi connectivity index (χ1v) is 9.32. The van der Waals surface area contributed by atoms with Gasteiger partial charge in [0.05, 0.1) is 5.52 Å². The first kappa shape index (κ1) is 18.3. The first-order chi connectivity index (χ1) is 13.4. The zero-order valence-corrected chi connectivity index (χ0v) is 16.2. The van der Waals surface area contributed by atoms with E-state index in [9.17, 15) is 9.59 Å². The van der Waals surface area contributed by atoms with Crippen LogP contribution in [0.3, 0.4) is 0 Å². The van der Waals surface area contributed by atoms with Crippen molar-refractivity contribution in [2.45, 2.75) is 26.2 Å². The lowest BCUT2D eigenvalue weighted by atomic mass is 9.84. The van der Waals surface area contributed by atoms with Gasteiger partial charge in [0.25, 0.3) is 5.91 Å². The van der Waals surface area contributed by atoms with Crippen molar-refractivity contribution in [2.75, 3.05) is 5.32 Å². The van der Waals surface area contributed by atoms with Gasteiger partial charge in [-0.3, -0.25) is 14.7 Å². The highest BCUT2D eigenvalue weighted by Gasteiger charge is 2.31. The number of hydrogen-bond acceptors (Lipinski definition) is 3. The minimum Gasteiger partial charge on any atom is -0.330 e. The maximum atomic E-state index is 13.1. The molecule has 2 aromatic carbocycles. The number of hydrogen-bond donors (Lipinski definition) is 3. The summed E-state index contributed by atoms with van der Waals surface area (Å²) >= 11 is 5.99. The summed E-state index contributed by atoms with van der Waals surface area (Å²) in [5, 5.41) is 14.4. The number of carbonyl (C=O) groups is 2. The molecule has 2 heterocycles. The van der Waals surface area contributed by atoms with E-state index in [1.165, 1.54) is 0 Å². The summed E-state index contributed by atoms with van der Waals surface area (Å²) in [6.07, 6.45) is 0.210. The number of carbonyl (C=O) groups excluding carboxylic acids is 2. The zero-order valence-electron chi connectivity index (χ0n) is 15.5. The minimum atomic E-state index is -0.328. The maximum absolute atomic E-state index is 13.1. The quantitative estimate of drug-likeness (QED) is 0.626. The second kappa shape index (κ2) is 7.13. The van der Waals surface area contributed by atoms with E-state index in [1.807, 2.05) is 37.3 Å². The van der Waals surface area contributed by atoms with Crippen LogP contribution in [0.4, 0.5) is 5.69 Å². The number of aromatic nitrogens is 2. The maximum Gasteiger partial charge on any atom is 0.253 e. The average molecular weight is 395 g/mol. The Kier molecular flexibility index (Phi) is 4.65. The van der Waals surface area contributed by atoms with Gasteiger partial charge >= 0.3 is 0 Å². The highest BCUT2D eigenvalue weighted by Crippen LogP contribution is 2.34. The second-order valence-electron chi connectivity index (χ2n) is 6.93. The fourth-order valence-electron chi connectivity index (χ4n) is 3.60. The summed E-state index contributed by atoms with van der Waals surface area (Å²) in [7, 11) is 0. The summed E-state index contributed by atoms with van der Waals surface area (Å²) in [4.78, 5) is 25.2. The van der Waals surface area contributed by atoms with Gasteiger partial charge in [0.15, 0.2) is 0 Å². The fourth-order valence-corrected chi connectivity index (χ4v) is 3.72. The summed E-state index contributed by atoms with van der Waals surface area (Å²) in [6.45, 7) is 3.68. The second-order valence-corrected chi connectivity index (χ2v) is 7.37. The molecule has 1 unspecified atom stereocenters. The molecule has 0 spiro atoms. The smallest absolute Gasteiger partial charge is 0.253 e. The molecule has 28 heavy (non-hydrogen) atoms. The number of halogens is 1. The Labute approximate surface area is 167 Å². The molecule has 0 aliphatic carbocycles. The topological polar surface area (TPSA) is 86.9 Å². The van der Waals surface area contributed by atoms with Crippen LogP contribution >= 0.6 is 11.6 Å². The summed E-state index contributed by atoms with van der Waals surface area (Å²) in [5.41, 5.74) is 4.44. The molecule has 0 saturated heterocycles. The molecule has 0 bridgehead atoms. The number of fused-ring (bicyclic) bond motifs is 1. The normalized spacial score (nSPS) is 17.0. The number of rotatable bonds is 3. The molecule has 1 aliphatic rings. The molecule has 1 aliphatic heterocycles. The van der Waals surface area contributed by atoms with Crippen molar-refractivity contribution in [1.82, 2.24) is 15.5 Å². The molecule has 0 fully saturated rings. The Hall–Kier alpha value is -3.12. The van der Waals surface area contributed by atoms with Crippen molar-refractivity contribution in [1.29, 1.82) is 0 Å². The fraction of sp³-hybridized carbons (Fsp3) is 0.190. The molecular formula is C21H19ClN4O2. The van der Waals surface area contributed by atoms with Crippen LogP contribution in [0.25, 0.3) is 10.9 Å². The van der Waals surface area contributed by atoms with Gasteiger partial charge in [-0.05, 0) is 49.7 Å². The number of aromatic amines is 1. The number of aryl methyl sites for hydroxylation is 1. The molecule has 6 nitrogen and oxygen atoms in total. The minimum absolute atomic E-state index is 0.107. The lowest BCUT2D eigenvalue weighted by Gasteiger charge is -2.27. The van der Waals surface area contributed by atoms with Gasteiger partial charge < -0.3 is 10.6 Å². The molecule has 3 N–H and O–H groups in total. The molecule has 7 heteroatoms. The van der Waals surface area contributed by atoms with Crippen LogP contribution in [0.15, 0.2) is 53.7 Å². The predicted molar refractivity (Wildman–Crippen MR) is 109 cm³/mol. The van der Waals surface area contributed by atoms with E-state index in [0.717, 1.165) is 22.2 Å². The third-order valence-corrected chi connectivity index (χ3v) is 5.24. The lowest BCUT2D eigenvalue weighted by molar-refractivity contribution is -0.121. The SMILES string of the molecule is CC1=C(C(=O)Nc2ccc3n[nH]c(C)c3c2)C(c2ccc(Cl)cc2)CC(=O)N1. The van der Waals surface area contributed by atoms with Crippen LogP contribution in [-0.2, 0) is 9.59 Å². The average Bonchev–Trinajstić information content (AvgIpc) is 3.02. The van der Waals surface area contributed by atoms with E-state index < -0.39 is 0 Å². The van der Waals surface area contributed by atoms with Gasteiger partial charge in [0.1, 0.15) is 0 Å². The molecule has 1 atom stereocenters. The van der Waals surface area contributed by atoms with Crippen LogP contribution in [0, 0.1) is 6.92 Å². The third-order valence-electron chi connectivity index (χ3n) is 4.99. The van der Waals surface area contributed by atoms with Gasteiger partial charge in [-0.25, -0.2) is 0 Å². The number of benzene rings is 2. The highest BCUT2D eigenvalue weighted by atomic mass is 35.5. The van der Waals surface area contributed by atoms with E-state index in [0.29, 0.717) is 22.0 Å². The Balaban J connectivity index is 1.67. The van der Waals surface area contributed by atoms with Crippen molar-refractivity contribution in [2.24, 2.45) is 0 Å². The zero-order chi connectivity index (χ0) is 19.8. The van der Waals surface area contributed by atoms with Crippen molar-refractivity contribution in [3.05, 3.63) is 70.0 Å². The van der Waals surface area contributed by atoms with Gasteiger partial charge in [-0.15, -0.1) is 0 Å². The van der Waals surface area contributed by atoms with Crippen LogP contribution < -0.4 is 10.6 Å². The third kappa shape index (κ3) is 3.39. The molecule has 4 rings (SSSR count). The summed E-state index contributed by atoms with van der Waals surface area (Å²) in [5.74, 6) is -0.673. The van der Waals surface area contributed by atoms with E-state index in [4.69, 9.17) is 11.6 Å². The van der Waals surface area contributed by atoms with E-state index in [2.05, 4.69) is 20.8 Å². The number of H-pyrrole nitrogens is 1. The summed E-state index contributed by atoms with van der Waals surface area (Å²) < 4.78 is 0. The summed E-state index contributed by atoms with van der Waals surface area (Å²) in [6, 6.07) is 12.8. The number of amides is 2. The molecule has 0 radical (unpaired) electrons. The van der Waals surface area contributed by atoms with Crippen LogP contribution in [0.1, 0.15) is 30.5 Å². The van der Waals surface area contributed by atoms with E-state index in [1.54, 1.807) is 19.1 Å². The Morgan fingerprint density at radius 2 is 1.93 bits per heavy atom. The number of nitrogens with one attached hydrogen (secondary N) is 3. The van der Waals surface area contributed by atoms with Crippen molar-refractivity contribution in [3.63, 3.8) is 0 Å². The molecule has 3 aromatic rings. The van der Waals surface area contributed by atoms with Crippen LogP contribution in [-0.4, -0.2) is 22.0 Å². The van der Waals surface area contributed by atoms with Gasteiger partial charge in [-0.2, -0.15) is 5.10 Å². The van der Waals surface area contributed by atoms with Crippen LogP contribution in [0.5, 0.6) is 0 Å². The van der Waals surface area contributed by atoms with Crippen LogP contribution in [0.2, 0.25) is 5.02 Å². The van der Waals surface area contributed by atoms with Crippen molar-refractivity contribution < 1.29 is 9.59 Å². The predicted octanol–water partition coefficient (Wildman–Crippen LogP) is 4.04. The molecule has 0 saturated carbocycles. The first-order valence-electron chi connectivity index (χ1n) is 8.94. The monoisotopic (exact) mass is 394 g/mol. The van der Waals surface area contributed by atoms with E-state index >= 15 is 0 Å². The Morgan fingerprint density at radius 1 is 1.18 bits per heavy atom. The van der Waals surface area contributed by atoms with E-state index in [-0.39, 0.29) is 24.2 Å². The Morgan fingerprint density at radius 3 is 2.68 bits per heavy atom. The van der Waals surface area contributed by atoms with Gasteiger partial charge in [0, 0.05) is 45.4 Å². The van der Waals surface area contributed by atoms with Crippen molar-refractivity contribution in [3.8, 4) is 0 Å². The number of nitrogens with zero attached hydrogens (tertiary/aromatic N) is 1. The van der Waals surface area contributed by atoms with Gasteiger partial charge in [0.2, 0.25) is 5.91 Å². The lowest BCUT2D eigenvalue weighted by Crippen LogP contribution is -2.35. The molecular weight excluding hydrogens is 376 g/mol. The molecule has 142 valence electrons. The number of anilines is 1. The standard InChI is InChI=1S/C21H19ClN4O2/c1-11-16-9-15(7-8-18(16)26-25-11)24-21(28)20-12(2)23-19(27)10-17(20)13-3-5-14(22)6-4-13/h3-9,17H,10H2,1-2H3,(H,23,27)(H,24,28)(H,25,26). The van der Waals surface area contributed by atoms with Crippen molar-refractivity contribution >= 4 is 40.0 Å². The highest BCUT2D eigenvalue weighted by molar-refractivity contribution is 6.30. The number of allylic oxidation sites excluding steroid dienone is 1. The molecule has 2 amide bonds.